The van der Waals surface area contributed by atoms with Gasteiger partial charge in [-0.25, -0.2) is 0 Å². The molecule has 0 unspecified atom stereocenters. The third kappa shape index (κ3) is 6.13. The summed E-state index contributed by atoms with van der Waals surface area (Å²) in [6.07, 6.45) is 6.89. The van der Waals surface area contributed by atoms with Crippen LogP contribution in [0.2, 0.25) is 5.02 Å². The van der Waals surface area contributed by atoms with E-state index >= 15 is 0 Å². The highest BCUT2D eigenvalue weighted by Crippen LogP contribution is 2.33. The molecule has 2 N–H and O–H groups in total. The molecule has 2 aromatic rings. The van der Waals surface area contributed by atoms with Crippen molar-refractivity contribution in [3.63, 3.8) is 0 Å². The van der Waals surface area contributed by atoms with Gasteiger partial charge < -0.3 is 25.0 Å². The van der Waals surface area contributed by atoms with Crippen molar-refractivity contribution in [3.8, 4) is 5.75 Å². The van der Waals surface area contributed by atoms with Crippen molar-refractivity contribution in [2.45, 2.75) is 75.7 Å². The van der Waals surface area contributed by atoms with Crippen LogP contribution in [-0.2, 0) is 9.53 Å². The van der Waals surface area contributed by atoms with Gasteiger partial charge in [0.2, 0.25) is 5.91 Å². The first-order valence-corrected chi connectivity index (χ1v) is 13.8. The average Bonchev–Trinajstić information content (AvgIpc) is 2.91. The molecule has 3 atom stereocenters. The number of amides is 3. The molecule has 2 aromatic carbocycles. The zero-order chi connectivity index (χ0) is 26.6. The molecule has 1 saturated carbocycles. The fourth-order valence-corrected chi connectivity index (χ4v) is 5.87. The van der Waals surface area contributed by atoms with Crippen molar-refractivity contribution in [1.82, 2.24) is 10.2 Å². The monoisotopic (exact) mass is 539 g/mol. The van der Waals surface area contributed by atoms with Crippen molar-refractivity contribution in [3.05, 3.63) is 58.6 Å². The van der Waals surface area contributed by atoms with Gasteiger partial charge >= 0.3 is 0 Å². The fraction of sp³-hybridized carbons (Fsp3) is 0.483. The highest BCUT2D eigenvalue weighted by atomic mass is 35.5. The molecule has 2 heterocycles. The second-order valence-corrected chi connectivity index (χ2v) is 10.9. The van der Waals surface area contributed by atoms with Crippen molar-refractivity contribution in [2.75, 3.05) is 19.0 Å². The molecule has 9 heteroatoms. The number of benzene rings is 2. The van der Waals surface area contributed by atoms with Gasteiger partial charge in [-0.2, -0.15) is 0 Å². The second kappa shape index (κ2) is 11.7. The number of halogens is 1. The van der Waals surface area contributed by atoms with E-state index in [9.17, 15) is 14.4 Å². The number of anilines is 1. The fourth-order valence-electron chi connectivity index (χ4n) is 5.68. The van der Waals surface area contributed by atoms with Crippen LogP contribution in [0.1, 0.15) is 72.1 Å². The topological polar surface area (TPSA) is 97.0 Å². The predicted octanol–water partition coefficient (Wildman–Crippen LogP) is 4.81. The lowest BCUT2D eigenvalue weighted by Crippen LogP contribution is -2.54. The summed E-state index contributed by atoms with van der Waals surface area (Å²) >= 11 is 6.01. The molecule has 38 heavy (non-hydrogen) atoms. The van der Waals surface area contributed by atoms with Crippen molar-refractivity contribution < 1.29 is 23.9 Å². The summed E-state index contributed by atoms with van der Waals surface area (Å²) in [5.74, 6) is -0.0546. The summed E-state index contributed by atoms with van der Waals surface area (Å²) in [4.78, 5) is 40.5. The van der Waals surface area contributed by atoms with E-state index in [0.29, 0.717) is 40.4 Å². The number of nitrogens with one attached hydrogen (secondary N) is 2. The number of likely N-dealkylation sites (N-methyl/N-ethyl adjacent to an activating group) is 1. The molecule has 1 aliphatic carbocycles. The van der Waals surface area contributed by atoms with E-state index in [0.717, 1.165) is 19.3 Å². The van der Waals surface area contributed by atoms with Crippen LogP contribution in [0, 0.1) is 0 Å². The Bertz CT molecular complexity index is 1200. The van der Waals surface area contributed by atoms with Crippen molar-refractivity contribution in [2.24, 2.45) is 0 Å². The van der Waals surface area contributed by atoms with Gasteiger partial charge in [0.25, 0.3) is 11.8 Å². The Morgan fingerprint density at radius 1 is 1.05 bits per heavy atom. The van der Waals surface area contributed by atoms with Crippen LogP contribution in [0.25, 0.3) is 0 Å². The van der Waals surface area contributed by atoms with Gasteiger partial charge in [0.1, 0.15) is 18.5 Å². The smallest absolute Gasteiger partial charge is 0.257 e. The van der Waals surface area contributed by atoms with Gasteiger partial charge in [-0.1, -0.05) is 36.9 Å². The summed E-state index contributed by atoms with van der Waals surface area (Å²) in [5, 5.41) is 6.47. The van der Waals surface area contributed by atoms with E-state index in [1.54, 1.807) is 54.4 Å². The third-order valence-corrected chi connectivity index (χ3v) is 7.97. The number of nitrogens with zero attached hydrogens (tertiary/aromatic N) is 1. The normalized spacial score (nSPS) is 23.8. The van der Waals surface area contributed by atoms with Crippen LogP contribution in [0.3, 0.4) is 0 Å². The molecule has 0 radical (unpaired) electrons. The van der Waals surface area contributed by atoms with Crippen LogP contribution >= 0.6 is 11.6 Å². The molecule has 8 nitrogen and oxygen atoms in total. The Balaban J connectivity index is 1.24. The molecule has 3 amide bonds. The van der Waals surface area contributed by atoms with Crippen molar-refractivity contribution in [1.29, 1.82) is 0 Å². The molecule has 202 valence electrons. The standard InChI is InChI=1S/C29H34ClN3O5/c1-33-24-12-11-22(16-27(34)31-20-8-3-2-4-9-20)38-26(24)17-37-25-13-10-21(15-23(25)29(33)36)32-28(35)18-6-5-7-19(30)14-18/h5-7,10,13-15,20,22,24,26H,2-4,8-9,11-12,16-17H2,1H3,(H,31,34)(H,32,35)/t22-,24+,26+/m0/s1. The number of carbonyl (C=O) groups is 3. The molecule has 0 bridgehead atoms. The van der Waals surface area contributed by atoms with E-state index in [4.69, 9.17) is 21.1 Å². The predicted molar refractivity (Wildman–Crippen MR) is 145 cm³/mol. The van der Waals surface area contributed by atoms with E-state index in [1.807, 2.05) is 0 Å². The Morgan fingerprint density at radius 3 is 2.66 bits per heavy atom. The molecule has 3 aliphatic rings. The Morgan fingerprint density at radius 2 is 1.87 bits per heavy atom. The highest BCUT2D eigenvalue weighted by molar-refractivity contribution is 6.31. The molecule has 0 aromatic heterocycles. The lowest BCUT2D eigenvalue weighted by atomic mass is 9.93. The lowest BCUT2D eigenvalue weighted by molar-refractivity contribution is -0.134. The van der Waals surface area contributed by atoms with E-state index in [-0.39, 0.29) is 48.6 Å². The largest absolute Gasteiger partial charge is 0.490 e. The minimum absolute atomic E-state index is 0.0363. The second-order valence-electron chi connectivity index (χ2n) is 10.5. The van der Waals surface area contributed by atoms with Gasteiger partial charge in [0.15, 0.2) is 0 Å². The number of hydrogen-bond acceptors (Lipinski definition) is 5. The first-order chi connectivity index (χ1) is 18.4. The molecule has 2 aliphatic heterocycles. The van der Waals surface area contributed by atoms with Crippen LogP contribution in [0.5, 0.6) is 5.75 Å². The summed E-state index contributed by atoms with van der Waals surface area (Å²) in [6, 6.07) is 11.8. The van der Waals surface area contributed by atoms with Gasteiger partial charge in [-0.15, -0.1) is 0 Å². The number of ether oxygens (including phenoxy) is 2. The molecule has 5 rings (SSSR count). The van der Waals surface area contributed by atoms with E-state index in [1.165, 1.54) is 19.3 Å². The first-order valence-electron chi connectivity index (χ1n) is 13.4. The minimum atomic E-state index is -0.333. The average molecular weight is 540 g/mol. The maximum absolute atomic E-state index is 13.5. The summed E-state index contributed by atoms with van der Waals surface area (Å²) in [7, 11) is 1.77. The van der Waals surface area contributed by atoms with Gasteiger partial charge in [0.05, 0.1) is 24.1 Å². The zero-order valence-corrected chi connectivity index (χ0v) is 22.3. The van der Waals surface area contributed by atoms with E-state index in [2.05, 4.69) is 10.6 Å². The SMILES string of the molecule is CN1C(=O)c2cc(NC(=O)c3cccc(Cl)c3)ccc2OC[C@H]2O[C@H](CC(=O)NC3CCCCC3)CC[C@H]21. The van der Waals surface area contributed by atoms with Gasteiger partial charge in [-0.05, 0) is 62.1 Å². The highest BCUT2D eigenvalue weighted by Gasteiger charge is 2.39. The number of hydrogen-bond donors (Lipinski definition) is 2. The molecular formula is C29H34ClN3O5. The molecular weight excluding hydrogens is 506 g/mol. The Kier molecular flexibility index (Phi) is 8.19. The van der Waals surface area contributed by atoms with Crippen LogP contribution in [0.4, 0.5) is 5.69 Å². The van der Waals surface area contributed by atoms with Crippen molar-refractivity contribution >= 4 is 35.0 Å². The summed E-state index contributed by atoms with van der Waals surface area (Å²) in [5.41, 5.74) is 1.29. The lowest BCUT2D eigenvalue weighted by Gasteiger charge is -2.42. The summed E-state index contributed by atoms with van der Waals surface area (Å²) < 4.78 is 12.4. The van der Waals surface area contributed by atoms with Crippen LogP contribution in [0.15, 0.2) is 42.5 Å². The Hall–Kier alpha value is -3.10. The van der Waals surface area contributed by atoms with Crippen LogP contribution < -0.4 is 15.4 Å². The maximum atomic E-state index is 13.5. The third-order valence-electron chi connectivity index (χ3n) is 7.74. The van der Waals surface area contributed by atoms with Gasteiger partial charge in [-0.3, -0.25) is 14.4 Å². The quantitative estimate of drug-likeness (QED) is 0.568. The molecule has 1 saturated heterocycles. The number of fused-ring (bicyclic) bond motifs is 2. The number of carbonyl (C=O) groups excluding carboxylic acids is 3. The molecule has 2 fully saturated rings. The van der Waals surface area contributed by atoms with E-state index < -0.39 is 0 Å². The maximum Gasteiger partial charge on any atom is 0.257 e. The first kappa shape index (κ1) is 26.5. The summed E-state index contributed by atoms with van der Waals surface area (Å²) in [6.45, 7) is 0.268. The minimum Gasteiger partial charge on any atom is -0.490 e. The van der Waals surface area contributed by atoms with Gasteiger partial charge in [0, 0.05) is 29.4 Å². The molecule has 0 spiro atoms. The number of rotatable bonds is 5. The Labute approximate surface area is 228 Å². The zero-order valence-electron chi connectivity index (χ0n) is 21.6. The van der Waals surface area contributed by atoms with Crippen LogP contribution in [-0.4, -0.2) is 60.6 Å².